The molecular weight excluding hydrogens is 468 g/mol. The molecule has 4 rings (SSSR count). The lowest BCUT2D eigenvalue weighted by Gasteiger charge is -2.11. The van der Waals surface area contributed by atoms with Gasteiger partial charge in [-0.1, -0.05) is 49.4 Å². The quantitative estimate of drug-likeness (QED) is 0.371. The van der Waals surface area contributed by atoms with Gasteiger partial charge in [-0.15, -0.1) is 0 Å². The zero-order valence-corrected chi connectivity index (χ0v) is 20.3. The molecule has 0 bridgehead atoms. The van der Waals surface area contributed by atoms with Crippen LogP contribution < -0.4 is 15.6 Å². The third kappa shape index (κ3) is 5.90. The Bertz CT molecular complexity index is 1440. The van der Waals surface area contributed by atoms with E-state index < -0.39 is 11.9 Å². The fourth-order valence-corrected chi connectivity index (χ4v) is 4.13. The second kappa shape index (κ2) is 10.5. The lowest BCUT2D eigenvalue weighted by Crippen LogP contribution is -2.22. The number of benzene rings is 2. The first-order valence-electron chi connectivity index (χ1n) is 11.0. The van der Waals surface area contributed by atoms with Crippen molar-refractivity contribution in [3.8, 4) is 5.75 Å². The molecule has 0 aliphatic heterocycles. The minimum atomic E-state index is -0.658. The Morgan fingerprint density at radius 1 is 1.11 bits per heavy atom. The average Bonchev–Trinajstić information content (AvgIpc) is 3.27. The third-order valence-electron chi connectivity index (χ3n) is 4.94. The van der Waals surface area contributed by atoms with Crippen LogP contribution in [0, 0.1) is 6.92 Å². The summed E-state index contributed by atoms with van der Waals surface area (Å²) in [6.07, 6.45) is 0. The third-order valence-corrected chi connectivity index (χ3v) is 6.15. The number of ether oxygens (including phenoxy) is 2. The smallest absolute Gasteiger partial charge is 0.340 e. The van der Waals surface area contributed by atoms with E-state index in [2.05, 4.69) is 15.4 Å². The molecule has 9 nitrogen and oxygen atoms in total. The van der Waals surface area contributed by atoms with Crippen molar-refractivity contribution in [3.63, 3.8) is 0 Å². The largest absolute Gasteiger partial charge is 0.484 e. The molecule has 0 saturated heterocycles. The zero-order chi connectivity index (χ0) is 24.9. The van der Waals surface area contributed by atoms with Gasteiger partial charge in [0.15, 0.2) is 6.61 Å². The van der Waals surface area contributed by atoms with E-state index in [1.165, 1.54) is 21.9 Å². The number of para-hydroxylation sites is 1. The molecule has 10 heteroatoms. The predicted molar refractivity (Wildman–Crippen MR) is 132 cm³/mol. The van der Waals surface area contributed by atoms with Gasteiger partial charge in [0, 0.05) is 12.0 Å². The Hall–Kier alpha value is -4.05. The predicted octanol–water partition coefficient (Wildman–Crippen LogP) is 3.96. The van der Waals surface area contributed by atoms with Gasteiger partial charge in [-0.25, -0.2) is 9.78 Å². The average molecular weight is 493 g/mol. The molecule has 4 aromatic rings. The number of hydrogen-bond donors (Lipinski definition) is 1. The number of carbonyl (C=O) groups excluding carboxylic acids is 2. The van der Waals surface area contributed by atoms with Crippen molar-refractivity contribution in [2.24, 2.45) is 0 Å². The Kier molecular flexibility index (Phi) is 7.21. The van der Waals surface area contributed by atoms with Crippen molar-refractivity contribution >= 4 is 33.9 Å². The van der Waals surface area contributed by atoms with Crippen LogP contribution >= 0.6 is 11.3 Å². The second-order valence-corrected chi connectivity index (χ2v) is 9.14. The highest BCUT2D eigenvalue weighted by Gasteiger charge is 2.17. The summed E-state index contributed by atoms with van der Waals surface area (Å²) in [6, 6.07) is 15.2. The lowest BCUT2D eigenvalue weighted by atomic mass is 10.2. The van der Waals surface area contributed by atoms with Crippen LogP contribution in [-0.2, 0) is 16.1 Å². The van der Waals surface area contributed by atoms with E-state index >= 15 is 0 Å². The Morgan fingerprint density at radius 2 is 1.91 bits per heavy atom. The van der Waals surface area contributed by atoms with Crippen LogP contribution in [0.15, 0.2) is 59.4 Å². The SMILES string of the molecule is Cc1cccc(OCC(=O)Nc2ccccc2C(=O)OCc2cc(=O)n3nc(C(C)C)sc3n2)c1. The molecule has 0 spiro atoms. The first kappa shape index (κ1) is 24.1. The molecule has 2 heterocycles. The Labute approximate surface area is 205 Å². The van der Waals surface area contributed by atoms with Crippen molar-refractivity contribution in [1.29, 1.82) is 0 Å². The van der Waals surface area contributed by atoms with E-state index in [1.807, 2.05) is 39.0 Å². The monoisotopic (exact) mass is 492 g/mol. The number of aryl methyl sites for hydroxylation is 1. The minimum Gasteiger partial charge on any atom is -0.484 e. The van der Waals surface area contributed by atoms with Crippen LogP contribution in [0.1, 0.15) is 46.4 Å². The van der Waals surface area contributed by atoms with Crippen LogP contribution in [0.3, 0.4) is 0 Å². The van der Waals surface area contributed by atoms with E-state index in [4.69, 9.17) is 9.47 Å². The molecule has 2 aromatic heterocycles. The topological polar surface area (TPSA) is 112 Å². The van der Waals surface area contributed by atoms with Crippen LogP contribution in [0.5, 0.6) is 5.75 Å². The maximum Gasteiger partial charge on any atom is 0.340 e. The molecule has 0 aliphatic rings. The molecule has 0 unspecified atom stereocenters. The molecule has 180 valence electrons. The summed E-state index contributed by atoms with van der Waals surface area (Å²) < 4.78 is 12.2. The number of esters is 1. The van der Waals surface area contributed by atoms with Crippen LogP contribution in [0.4, 0.5) is 5.69 Å². The van der Waals surface area contributed by atoms with Gasteiger partial charge in [-0.05, 0) is 36.8 Å². The number of nitrogens with one attached hydrogen (secondary N) is 1. The summed E-state index contributed by atoms with van der Waals surface area (Å²) in [5.41, 5.74) is 1.46. The highest BCUT2D eigenvalue weighted by Crippen LogP contribution is 2.21. The standard InChI is InChI=1S/C25H24N4O5S/c1-15(2)23-28-29-22(31)12-17(26-25(29)35-23)13-34-24(32)19-9-4-5-10-20(19)27-21(30)14-33-18-8-6-7-16(3)11-18/h4-12,15H,13-14H2,1-3H3,(H,27,30). The van der Waals surface area contributed by atoms with Crippen molar-refractivity contribution in [1.82, 2.24) is 14.6 Å². The molecule has 35 heavy (non-hydrogen) atoms. The molecule has 0 atom stereocenters. The van der Waals surface area contributed by atoms with Gasteiger partial charge in [-0.3, -0.25) is 9.59 Å². The van der Waals surface area contributed by atoms with Gasteiger partial charge < -0.3 is 14.8 Å². The number of amides is 1. The Balaban J connectivity index is 1.41. The van der Waals surface area contributed by atoms with Gasteiger partial charge in [0.2, 0.25) is 4.96 Å². The van der Waals surface area contributed by atoms with Crippen molar-refractivity contribution in [2.75, 3.05) is 11.9 Å². The maximum absolute atomic E-state index is 12.8. The minimum absolute atomic E-state index is 0.163. The number of anilines is 1. The highest BCUT2D eigenvalue weighted by molar-refractivity contribution is 7.16. The molecule has 1 N–H and O–H groups in total. The summed E-state index contributed by atoms with van der Waals surface area (Å²) in [7, 11) is 0. The summed E-state index contributed by atoms with van der Waals surface area (Å²) in [4.78, 5) is 42.4. The molecular formula is C25H24N4O5S. The maximum atomic E-state index is 12.8. The van der Waals surface area contributed by atoms with Gasteiger partial charge in [-0.2, -0.15) is 9.61 Å². The van der Waals surface area contributed by atoms with Crippen molar-refractivity contribution in [2.45, 2.75) is 33.3 Å². The first-order valence-corrected chi connectivity index (χ1v) is 11.8. The number of nitrogens with zero attached hydrogens (tertiary/aromatic N) is 3. The molecule has 0 radical (unpaired) electrons. The van der Waals surface area contributed by atoms with Crippen LogP contribution in [-0.4, -0.2) is 33.1 Å². The van der Waals surface area contributed by atoms with Gasteiger partial charge in [0.25, 0.3) is 11.5 Å². The molecule has 2 aromatic carbocycles. The van der Waals surface area contributed by atoms with Crippen molar-refractivity contribution < 1.29 is 19.1 Å². The number of rotatable bonds is 8. The summed E-state index contributed by atoms with van der Waals surface area (Å²) in [5, 5.41) is 7.75. The van der Waals surface area contributed by atoms with E-state index in [1.54, 1.807) is 30.3 Å². The summed E-state index contributed by atoms with van der Waals surface area (Å²) in [5.74, 6) is -0.335. The normalized spacial score (nSPS) is 11.0. The number of fused-ring (bicyclic) bond motifs is 1. The fourth-order valence-electron chi connectivity index (χ4n) is 3.21. The van der Waals surface area contributed by atoms with E-state index in [0.717, 1.165) is 10.6 Å². The van der Waals surface area contributed by atoms with Crippen LogP contribution in [0.2, 0.25) is 0 Å². The fraction of sp³-hybridized carbons (Fsp3) is 0.240. The van der Waals surface area contributed by atoms with E-state index in [-0.39, 0.29) is 30.3 Å². The number of aromatic nitrogens is 3. The van der Waals surface area contributed by atoms with E-state index in [0.29, 0.717) is 22.1 Å². The summed E-state index contributed by atoms with van der Waals surface area (Å²) in [6.45, 7) is 5.48. The molecule has 0 saturated carbocycles. The van der Waals surface area contributed by atoms with Crippen molar-refractivity contribution in [3.05, 3.63) is 86.8 Å². The molecule has 1 amide bonds. The number of carbonyl (C=O) groups is 2. The Morgan fingerprint density at radius 3 is 2.69 bits per heavy atom. The van der Waals surface area contributed by atoms with Crippen LogP contribution in [0.25, 0.3) is 4.96 Å². The van der Waals surface area contributed by atoms with Gasteiger partial charge in [0.05, 0.1) is 16.9 Å². The first-order chi connectivity index (χ1) is 16.8. The number of hydrogen-bond acceptors (Lipinski definition) is 8. The van der Waals surface area contributed by atoms with Gasteiger partial charge in [0.1, 0.15) is 17.4 Å². The molecule has 0 aliphatic carbocycles. The van der Waals surface area contributed by atoms with E-state index in [9.17, 15) is 14.4 Å². The van der Waals surface area contributed by atoms with Gasteiger partial charge >= 0.3 is 5.97 Å². The molecule has 0 fully saturated rings. The lowest BCUT2D eigenvalue weighted by molar-refractivity contribution is -0.118. The summed E-state index contributed by atoms with van der Waals surface area (Å²) >= 11 is 1.32. The second-order valence-electron chi connectivity index (χ2n) is 8.15. The zero-order valence-electron chi connectivity index (χ0n) is 19.5. The highest BCUT2D eigenvalue weighted by atomic mass is 32.1.